The van der Waals surface area contributed by atoms with Gasteiger partial charge in [-0.1, -0.05) is 13.8 Å². The van der Waals surface area contributed by atoms with Gasteiger partial charge in [0.25, 0.3) is 0 Å². The molecule has 0 saturated heterocycles. The van der Waals surface area contributed by atoms with Crippen LogP contribution in [0.1, 0.15) is 26.7 Å². The molecule has 0 bridgehead atoms. The minimum absolute atomic E-state index is 0. The largest absolute Gasteiger partial charge is 2.00 e. The Balaban J connectivity index is -0.0000000457. The van der Waals surface area contributed by atoms with Gasteiger partial charge in [-0.25, -0.2) is 0 Å². The van der Waals surface area contributed by atoms with Crippen LogP contribution in [0.25, 0.3) is 0 Å². The molecule has 0 rings (SSSR count). The van der Waals surface area contributed by atoms with Gasteiger partial charge in [0.2, 0.25) is 0 Å². The van der Waals surface area contributed by atoms with Crippen LogP contribution in [-0.4, -0.2) is 17.4 Å². The van der Waals surface area contributed by atoms with Crippen molar-refractivity contribution in [3.63, 3.8) is 0 Å². The third-order valence-corrected chi connectivity index (χ3v) is 0.577. The average Bonchev–Trinajstić information content (AvgIpc) is 1.89. The zero-order valence-electron chi connectivity index (χ0n) is 6.86. The van der Waals surface area contributed by atoms with Crippen molar-refractivity contribution < 1.29 is 46.3 Å². The van der Waals surface area contributed by atoms with Gasteiger partial charge in [0.15, 0.2) is 0 Å². The second-order valence-electron chi connectivity index (χ2n) is 1.45. The number of rotatable bonds is 2. The van der Waals surface area contributed by atoms with Gasteiger partial charge >= 0.3 is 21.1 Å². The molecule has 0 radical (unpaired) electrons. The fraction of sp³-hybridized carbons (Fsp3) is 0.667. The Labute approximate surface area is 85.4 Å². The molecule has 0 aromatic rings. The maximum Gasteiger partial charge on any atom is 2.00 e. The van der Waals surface area contributed by atoms with Gasteiger partial charge in [0, 0.05) is 11.9 Å². The van der Waals surface area contributed by atoms with Crippen molar-refractivity contribution in [3.8, 4) is 0 Å². The fourth-order valence-electron chi connectivity index (χ4n) is 0. The van der Waals surface area contributed by atoms with Crippen LogP contribution in [0.5, 0.6) is 0 Å². The molecule has 0 aliphatic rings. The van der Waals surface area contributed by atoms with Crippen molar-refractivity contribution in [2.75, 3.05) is 0 Å². The molecule has 0 aliphatic carbocycles. The summed E-state index contributed by atoms with van der Waals surface area (Å²) >= 11 is 0. The summed E-state index contributed by atoms with van der Waals surface area (Å²) in [5, 5.41) is 18.5. The summed E-state index contributed by atoms with van der Waals surface area (Å²) in [4.78, 5) is 18.5. The zero-order valence-corrected chi connectivity index (χ0v) is 9.14. The summed E-state index contributed by atoms with van der Waals surface area (Å²) < 4.78 is 0. The molecule has 6 heteroatoms. The third-order valence-electron chi connectivity index (χ3n) is 0.577. The maximum atomic E-state index is 9.26. The number of carbonyl (C=O) groups excluding carboxylic acids is 2. The van der Waals surface area contributed by atoms with Gasteiger partial charge in [0.05, 0.1) is 0 Å². The summed E-state index contributed by atoms with van der Waals surface area (Å²) in [6, 6.07) is 0. The van der Waals surface area contributed by atoms with Gasteiger partial charge in [0.1, 0.15) is 0 Å². The van der Waals surface area contributed by atoms with Crippen molar-refractivity contribution >= 4 is 11.9 Å². The summed E-state index contributed by atoms with van der Waals surface area (Å²) in [5.41, 5.74) is 0. The molecule has 0 aromatic heterocycles. The van der Waals surface area contributed by atoms with E-state index in [4.69, 9.17) is 0 Å². The predicted molar refractivity (Wildman–Crippen MR) is 34.2 cm³/mol. The van der Waals surface area contributed by atoms with E-state index in [0.29, 0.717) is 0 Å². The zero-order chi connectivity index (χ0) is 8.57. The number of carboxylic acid groups (broad SMARTS) is 2. The Bertz CT molecular complexity index is 101. The molecule has 0 aromatic carbocycles. The van der Waals surface area contributed by atoms with Crippen molar-refractivity contribution in [1.29, 1.82) is 0 Å². The third kappa shape index (κ3) is 54.9. The van der Waals surface area contributed by atoms with E-state index in [1.165, 1.54) is 13.8 Å². The van der Waals surface area contributed by atoms with E-state index < -0.39 is 11.9 Å². The molecular weight excluding hydrogens is 347 g/mol. The first-order valence-electron chi connectivity index (χ1n) is 2.94. The Morgan fingerprint density at radius 2 is 1.08 bits per heavy atom. The van der Waals surface area contributed by atoms with Crippen LogP contribution >= 0.6 is 0 Å². The second-order valence-corrected chi connectivity index (χ2v) is 1.45. The van der Waals surface area contributed by atoms with Gasteiger partial charge in [-0.05, 0) is 12.8 Å². The Hall–Kier alpha value is -0.412. The van der Waals surface area contributed by atoms with E-state index in [-0.39, 0.29) is 39.4 Å². The van der Waals surface area contributed by atoms with Crippen LogP contribution in [0.15, 0.2) is 0 Å². The van der Waals surface area contributed by atoms with E-state index >= 15 is 0 Å². The molecule has 0 fully saturated rings. The van der Waals surface area contributed by atoms with Crippen molar-refractivity contribution in [2.45, 2.75) is 26.7 Å². The molecule has 5 nitrogen and oxygen atoms in total. The molecule has 0 amide bonds. The van der Waals surface area contributed by atoms with Crippen molar-refractivity contribution in [1.82, 2.24) is 0 Å². The van der Waals surface area contributed by atoms with Gasteiger partial charge in [-0.3, -0.25) is 0 Å². The standard InChI is InChI=1S/2C3H6O2.H2O.Pt/c2*1-2-3(4)5;;/h2*2H2,1H3,(H,4,5);1H2;/q;;;+2/p-2. The molecule has 0 saturated carbocycles. The Morgan fingerprint density at radius 1 is 1.00 bits per heavy atom. The Kier molecular flexibility index (Phi) is 31.8. The summed E-state index contributed by atoms with van der Waals surface area (Å²) in [6.45, 7) is 3.07. The summed E-state index contributed by atoms with van der Waals surface area (Å²) in [7, 11) is 0. The van der Waals surface area contributed by atoms with Crippen molar-refractivity contribution in [3.05, 3.63) is 0 Å². The number of carbonyl (C=O) groups is 2. The molecular formula is C6H12O5Pt. The molecule has 0 heterocycles. The number of carboxylic acids is 2. The number of hydrogen-bond acceptors (Lipinski definition) is 4. The van der Waals surface area contributed by atoms with E-state index in [1.807, 2.05) is 0 Å². The smallest absolute Gasteiger partial charge is 0.550 e. The first-order valence-corrected chi connectivity index (χ1v) is 2.94. The average molecular weight is 359 g/mol. The number of hydrogen-bond donors (Lipinski definition) is 0. The first-order chi connectivity index (χ1) is 4.54. The monoisotopic (exact) mass is 359 g/mol. The fourth-order valence-corrected chi connectivity index (χ4v) is 0. The Morgan fingerprint density at radius 3 is 1.08 bits per heavy atom. The van der Waals surface area contributed by atoms with Crippen molar-refractivity contribution in [2.24, 2.45) is 0 Å². The van der Waals surface area contributed by atoms with E-state index in [1.54, 1.807) is 0 Å². The van der Waals surface area contributed by atoms with Gasteiger partial charge < -0.3 is 25.3 Å². The summed E-state index contributed by atoms with van der Waals surface area (Å²) in [6.07, 6.45) is 0.222. The quantitative estimate of drug-likeness (QED) is 0.541. The van der Waals surface area contributed by atoms with E-state index in [0.717, 1.165) is 0 Å². The normalized spacial score (nSPS) is 6.17. The maximum absolute atomic E-state index is 9.26. The van der Waals surface area contributed by atoms with Crippen LogP contribution in [-0.2, 0) is 30.7 Å². The van der Waals surface area contributed by atoms with E-state index in [2.05, 4.69) is 0 Å². The summed E-state index contributed by atoms with van der Waals surface area (Å²) in [5.74, 6) is -1.99. The molecule has 0 aliphatic heterocycles. The first kappa shape index (κ1) is 22.6. The second kappa shape index (κ2) is 16.9. The van der Waals surface area contributed by atoms with Gasteiger partial charge in [-0.15, -0.1) is 0 Å². The molecule has 0 spiro atoms. The molecule has 0 unspecified atom stereocenters. The van der Waals surface area contributed by atoms with E-state index in [9.17, 15) is 19.8 Å². The predicted octanol–water partition coefficient (Wildman–Crippen LogP) is -2.53. The van der Waals surface area contributed by atoms with Crippen LogP contribution in [0.3, 0.4) is 0 Å². The molecule has 2 N–H and O–H groups in total. The van der Waals surface area contributed by atoms with Gasteiger partial charge in [-0.2, -0.15) is 0 Å². The topological polar surface area (TPSA) is 112 Å². The van der Waals surface area contributed by atoms with Crippen LogP contribution in [0.2, 0.25) is 0 Å². The SMILES string of the molecule is CCC(=O)[O-].CCC(=O)[O-].O.[Pt+2]. The van der Waals surface area contributed by atoms with Crippen LogP contribution < -0.4 is 10.2 Å². The molecule has 0 atom stereocenters. The minimum Gasteiger partial charge on any atom is -0.550 e. The number of aliphatic carboxylic acids is 2. The van der Waals surface area contributed by atoms with Crippen LogP contribution in [0.4, 0.5) is 0 Å². The minimum atomic E-state index is -0.995. The molecule has 12 heavy (non-hydrogen) atoms. The molecule has 76 valence electrons. The van der Waals surface area contributed by atoms with Crippen LogP contribution in [0, 0.1) is 0 Å².